The first-order chi connectivity index (χ1) is 12.9. The second-order valence-electron chi connectivity index (χ2n) is 6.45. The number of amides is 2. The van der Waals surface area contributed by atoms with Gasteiger partial charge in [0.2, 0.25) is 18.6 Å². The Bertz CT molecular complexity index is 834. The molecule has 2 aromatic carbocycles. The van der Waals surface area contributed by atoms with Gasteiger partial charge in [0.25, 0.3) is 0 Å². The number of nitrogens with one attached hydrogen (secondary N) is 1. The molecule has 27 heavy (non-hydrogen) atoms. The lowest BCUT2D eigenvalue weighted by Crippen LogP contribution is -2.31. The minimum absolute atomic E-state index is 0.142. The zero-order valence-electron chi connectivity index (χ0n) is 15.7. The van der Waals surface area contributed by atoms with Gasteiger partial charge in [0.05, 0.1) is 0 Å². The number of nitrogens with zero attached hydrogens (tertiary/aromatic N) is 2. The smallest absolute Gasteiger partial charge is 0.231 e. The molecule has 0 aliphatic carbocycles. The molecular formula is C20H23N3O4. The molecule has 2 aromatic rings. The highest BCUT2D eigenvalue weighted by molar-refractivity contribution is 5.95. The quantitative estimate of drug-likeness (QED) is 0.848. The summed E-state index contributed by atoms with van der Waals surface area (Å²) in [7, 11) is 3.92. The van der Waals surface area contributed by atoms with Gasteiger partial charge in [-0.3, -0.25) is 9.59 Å². The van der Waals surface area contributed by atoms with Crippen molar-refractivity contribution in [2.24, 2.45) is 0 Å². The average molecular weight is 369 g/mol. The van der Waals surface area contributed by atoms with E-state index in [0.29, 0.717) is 17.2 Å². The lowest BCUT2D eigenvalue weighted by atomic mass is 10.2. The third-order valence-electron chi connectivity index (χ3n) is 4.28. The molecule has 1 aliphatic rings. The Morgan fingerprint density at radius 3 is 2.33 bits per heavy atom. The normalized spacial score (nSPS) is 11.8. The molecule has 0 fully saturated rings. The second-order valence-corrected chi connectivity index (χ2v) is 6.45. The lowest BCUT2D eigenvalue weighted by molar-refractivity contribution is -0.117. The van der Waals surface area contributed by atoms with E-state index < -0.39 is 0 Å². The largest absolute Gasteiger partial charge is 0.454 e. The van der Waals surface area contributed by atoms with Crippen molar-refractivity contribution in [3.8, 4) is 11.5 Å². The Hall–Kier alpha value is -3.22. The topological polar surface area (TPSA) is 71.1 Å². The fourth-order valence-corrected chi connectivity index (χ4v) is 2.80. The predicted molar refractivity (Wildman–Crippen MR) is 105 cm³/mol. The SMILES string of the molecule is CC(=O)N(CCC(=O)Nc1ccc(N(C)C)cc1)c1ccc2c(c1)OCO2. The Balaban J connectivity index is 1.60. The zero-order chi connectivity index (χ0) is 19.4. The van der Waals surface area contributed by atoms with Crippen LogP contribution in [0.25, 0.3) is 0 Å². The maximum absolute atomic E-state index is 12.3. The Morgan fingerprint density at radius 1 is 1.00 bits per heavy atom. The summed E-state index contributed by atoms with van der Waals surface area (Å²) in [6.07, 6.45) is 0.184. The monoisotopic (exact) mass is 369 g/mol. The van der Waals surface area contributed by atoms with Crippen LogP contribution in [0.2, 0.25) is 0 Å². The Labute approximate surface area is 158 Å². The van der Waals surface area contributed by atoms with E-state index >= 15 is 0 Å². The van der Waals surface area contributed by atoms with Gasteiger partial charge >= 0.3 is 0 Å². The molecule has 7 heteroatoms. The van der Waals surface area contributed by atoms with Gasteiger partial charge in [-0.25, -0.2) is 0 Å². The summed E-state index contributed by atoms with van der Waals surface area (Å²) >= 11 is 0. The van der Waals surface area contributed by atoms with Crippen LogP contribution in [0.1, 0.15) is 13.3 Å². The van der Waals surface area contributed by atoms with Gasteiger partial charge in [-0.2, -0.15) is 0 Å². The maximum atomic E-state index is 12.3. The highest BCUT2D eigenvalue weighted by Crippen LogP contribution is 2.35. The van der Waals surface area contributed by atoms with Crippen LogP contribution in [-0.2, 0) is 9.59 Å². The van der Waals surface area contributed by atoms with E-state index in [9.17, 15) is 9.59 Å². The van der Waals surface area contributed by atoms with Gasteiger partial charge < -0.3 is 24.6 Å². The summed E-state index contributed by atoms with van der Waals surface area (Å²) in [5.74, 6) is 0.960. The van der Waals surface area contributed by atoms with Crippen molar-refractivity contribution in [2.45, 2.75) is 13.3 Å². The highest BCUT2D eigenvalue weighted by atomic mass is 16.7. The van der Waals surface area contributed by atoms with Crippen LogP contribution < -0.4 is 24.6 Å². The summed E-state index contributed by atoms with van der Waals surface area (Å²) < 4.78 is 10.6. The van der Waals surface area contributed by atoms with E-state index in [1.165, 1.54) is 6.92 Å². The second kappa shape index (κ2) is 7.99. The molecule has 0 radical (unpaired) electrons. The standard InChI is InChI=1S/C20H23N3O4/c1-14(24)23(17-8-9-18-19(12-17)27-13-26-18)11-10-20(25)21-15-4-6-16(7-5-15)22(2)3/h4-9,12H,10-11,13H2,1-3H3,(H,21,25). The Kier molecular flexibility index (Phi) is 5.49. The summed E-state index contributed by atoms with van der Waals surface area (Å²) in [6.45, 7) is 1.92. The number of benzene rings is 2. The molecular weight excluding hydrogens is 346 g/mol. The molecule has 0 bridgehead atoms. The van der Waals surface area contributed by atoms with Gasteiger partial charge in [0, 0.05) is 57.1 Å². The van der Waals surface area contributed by atoms with Gasteiger partial charge in [-0.05, 0) is 36.4 Å². The van der Waals surface area contributed by atoms with Crippen LogP contribution in [0, 0.1) is 0 Å². The van der Waals surface area contributed by atoms with Crippen molar-refractivity contribution < 1.29 is 19.1 Å². The number of hydrogen-bond donors (Lipinski definition) is 1. The molecule has 1 heterocycles. The number of carbonyl (C=O) groups excluding carboxylic acids is 2. The van der Waals surface area contributed by atoms with Crippen LogP contribution in [-0.4, -0.2) is 39.2 Å². The third-order valence-corrected chi connectivity index (χ3v) is 4.28. The van der Waals surface area contributed by atoms with Crippen molar-refractivity contribution in [3.05, 3.63) is 42.5 Å². The van der Waals surface area contributed by atoms with E-state index in [4.69, 9.17) is 9.47 Å². The van der Waals surface area contributed by atoms with E-state index in [2.05, 4.69) is 5.32 Å². The molecule has 0 unspecified atom stereocenters. The first kappa shape index (κ1) is 18.6. The molecule has 0 atom stereocenters. The van der Waals surface area contributed by atoms with Crippen LogP contribution >= 0.6 is 0 Å². The molecule has 0 aromatic heterocycles. The number of carbonyl (C=O) groups is 2. The molecule has 0 saturated carbocycles. The van der Waals surface area contributed by atoms with Gasteiger partial charge in [0.15, 0.2) is 11.5 Å². The fraction of sp³-hybridized carbons (Fsp3) is 0.300. The summed E-state index contributed by atoms with van der Waals surface area (Å²) in [4.78, 5) is 27.8. The van der Waals surface area contributed by atoms with E-state index in [1.54, 1.807) is 23.1 Å². The molecule has 142 valence electrons. The summed E-state index contributed by atoms with van der Waals surface area (Å²) in [5, 5.41) is 2.86. The number of rotatable bonds is 6. The molecule has 3 rings (SSSR count). The van der Waals surface area contributed by atoms with Crippen molar-refractivity contribution in [3.63, 3.8) is 0 Å². The zero-order valence-corrected chi connectivity index (χ0v) is 15.7. The predicted octanol–water partition coefficient (Wildman–Crippen LogP) is 2.86. The number of hydrogen-bond acceptors (Lipinski definition) is 5. The number of ether oxygens (including phenoxy) is 2. The van der Waals surface area contributed by atoms with Crippen LogP contribution in [0.4, 0.5) is 17.1 Å². The highest BCUT2D eigenvalue weighted by Gasteiger charge is 2.19. The number of anilines is 3. The summed E-state index contributed by atoms with van der Waals surface area (Å²) in [6, 6.07) is 12.9. The molecule has 2 amide bonds. The van der Waals surface area contributed by atoms with Crippen molar-refractivity contribution in [1.29, 1.82) is 0 Å². The van der Waals surface area contributed by atoms with E-state index in [1.807, 2.05) is 43.3 Å². The van der Waals surface area contributed by atoms with Crippen LogP contribution in [0.3, 0.4) is 0 Å². The van der Waals surface area contributed by atoms with E-state index in [-0.39, 0.29) is 31.6 Å². The number of fused-ring (bicyclic) bond motifs is 1. The minimum atomic E-state index is -0.153. The molecule has 0 spiro atoms. The van der Waals surface area contributed by atoms with Crippen LogP contribution in [0.15, 0.2) is 42.5 Å². The molecule has 0 saturated heterocycles. The van der Waals surface area contributed by atoms with Crippen molar-refractivity contribution >= 4 is 28.9 Å². The summed E-state index contributed by atoms with van der Waals surface area (Å²) in [5.41, 5.74) is 2.46. The lowest BCUT2D eigenvalue weighted by Gasteiger charge is -2.21. The average Bonchev–Trinajstić information content (AvgIpc) is 3.10. The van der Waals surface area contributed by atoms with Crippen molar-refractivity contribution in [2.75, 3.05) is 42.5 Å². The maximum Gasteiger partial charge on any atom is 0.231 e. The first-order valence-electron chi connectivity index (χ1n) is 8.69. The van der Waals surface area contributed by atoms with Crippen LogP contribution in [0.5, 0.6) is 11.5 Å². The van der Waals surface area contributed by atoms with Gasteiger partial charge in [-0.1, -0.05) is 0 Å². The third kappa shape index (κ3) is 4.49. The first-order valence-corrected chi connectivity index (χ1v) is 8.69. The van der Waals surface area contributed by atoms with Crippen molar-refractivity contribution in [1.82, 2.24) is 0 Å². The molecule has 7 nitrogen and oxygen atoms in total. The van der Waals surface area contributed by atoms with E-state index in [0.717, 1.165) is 11.4 Å². The molecule has 1 aliphatic heterocycles. The minimum Gasteiger partial charge on any atom is -0.454 e. The Morgan fingerprint density at radius 2 is 1.67 bits per heavy atom. The van der Waals surface area contributed by atoms with Gasteiger partial charge in [0.1, 0.15) is 0 Å². The molecule has 1 N–H and O–H groups in total. The fourth-order valence-electron chi connectivity index (χ4n) is 2.80. The van der Waals surface area contributed by atoms with Gasteiger partial charge in [-0.15, -0.1) is 0 Å².